The van der Waals surface area contributed by atoms with E-state index in [1.807, 2.05) is 0 Å². The van der Waals surface area contributed by atoms with E-state index in [0.717, 1.165) is 12.8 Å². The molecule has 0 saturated carbocycles. The van der Waals surface area contributed by atoms with Gasteiger partial charge >= 0.3 is 5.97 Å². The van der Waals surface area contributed by atoms with Crippen LogP contribution in [-0.2, 0) is 14.3 Å². The quantitative estimate of drug-likeness (QED) is 0.210. The summed E-state index contributed by atoms with van der Waals surface area (Å²) in [5.41, 5.74) is 0. The maximum absolute atomic E-state index is 11.7. The summed E-state index contributed by atoms with van der Waals surface area (Å²) in [6.45, 7) is 5.86. The average Bonchev–Trinajstić information content (AvgIpc) is 2.63. The Hall–Kier alpha value is -1.06. The van der Waals surface area contributed by atoms with Gasteiger partial charge in [-0.2, -0.15) is 0 Å². The third kappa shape index (κ3) is 19.5. The van der Waals surface area contributed by atoms with E-state index in [1.165, 1.54) is 96.8 Å². The summed E-state index contributed by atoms with van der Waals surface area (Å²) in [4.78, 5) is 22.4. The topological polar surface area (TPSA) is 55.4 Å². The van der Waals surface area contributed by atoms with Crippen molar-refractivity contribution in [1.82, 2.24) is 5.32 Å². The first-order chi connectivity index (χ1) is 13.1. The smallest absolute Gasteiger partial charge is 0.303 e. The molecule has 0 aliphatic carbocycles. The molecule has 27 heavy (non-hydrogen) atoms. The molecule has 0 spiro atoms. The second kappa shape index (κ2) is 19.7. The lowest BCUT2D eigenvalue weighted by molar-refractivity contribution is -0.152. The SMILES string of the molecule is CCCCCCCCCCCCCCCCCCNC(=O)[C@H](C)OC(C)=O. The Kier molecular flexibility index (Phi) is 18.9. The number of carbonyl (C=O) groups is 2. The van der Waals surface area contributed by atoms with E-state index in [2.05, 4.69) is 12.2 Å². The maximum atomic E-state index is 11.7. The highest BCUT2D eigenvalue weighted by Gasteiger charge is 2.14. The van der Waals surface area contributed by atoms with Crippen molar-refractivity contribution in [2.45, 2.75) is 130 Å². The standard InChI is InChI=1S/C23H45NO3/c1-4-5-6-7-8-9-10-11-12-13-14-15-16-17-18-19-20-24-23(26)21(2)27-22(3)25/h21H,4-20H2,1-3H3,(H,24,26)/t21-/m0/s1. The van der Waals surface area contributed by atoms with Crippen LogP contribution in [0.1, 0.15) is 124 Å². The number of carbonyl (C=O) groups excluding carboxylic acids is 2. The van der Waals surface area contributed by atoms with E-state index in [0.29, 0.717) is 6.54 Å². The minimum atomic E-state index is -0.691. The van der Waals surface area contributed by atoms with E-state index in [9.17, 15) is 9.59 Å². The van der Waals surface area contributed by atoms with Gasteiger partial charge in [0.05, 0.1) is 0 Å². The molecular weight excluding hydrogens is 338 g/mol. The van der Waals surface area contributed by atoms with Gasteiger partial charge in [-0.25, -0.2) is 0 Å². The molecule has 0 aliphatic heterocycles. The predicted octanol–water partition coefficient (Wildman–Crippen LogP) is 6.32. The van der Waals surface area contributed by atoms with Crippen LogP contribution < -0.4 is 5.32 Å². The molecule has 0 bridgehead atoms. The molecule has 160 valence electrons. The van der Waals surface area contributed by atoms with Crippen molar-refractivity contribution in [3.05, 3.63) is 0 Å². The highest BCUT2D eigenvalue weighted by atomic mass is 16.5. The molecule has 0 rings (SSSR count). The number of rotatable bonds is 19. The zero-order valence-electron chi connectivity index (χ0n) is 18.3. The zero-order valence-corrected chi connectivity index (χ0v) is 18.3. The van der Waals surface area contributed by atoms with E-state index in [1.54, 1.807) is 6.92 Å². The predicted molar refractivity (Wildman–Crippen MR) is 114 cm³/mol. The van der Waals surface area contributed by atoms with Crippen LogP contribution in [0.3, 0.4) is 0 Å². The van der Waals surface area contributed by atoms with E-state index < -0.39 is 12.1 Å². The Labute approximate surface area is 168 Å². The largest absolute Gasteiger partial charge is 0.453 e. The molecular formula is C23H45NO3. The van der Waals surface area contributed by atoms with Gasteiger partial charge in [0, 0.05) is 13.5 Å². The van der Waals surface area contributed by atoms with Gasteiger partial charge in [-0.05, 0) is 13.3 Å². The lowest BCUT2D eigenvalue weighted by Crippen LogP contribution is -2.35. The number of esters is 1. The Balaban J connectivity index is 3.19. The Morgan fingerprint density at radius 2 is 1.07 bits per heavy atom. The normalized spacial score (nSPS) is 12.0. The summed E-state index contributed by atoms with van der Waals surface area (Å²) in [5.74, 6) is -0.619. The number of amides is 1. The zero-order chi connectivity index (χ0) is 20.2. The minimum Gasteiger partial charge on any atom is -0.453 e. The van der Waals surface area contributed by atoms with Gasteiger partial charge < -0.3 is 10.1 Å². The van der Waals surface area contributed by atoms with Crippen LogP contribution in [0.15, 0.2) is 0 Å². The number of nitrogens with one attached hydrogen (secondary N) is 1. The number of ether oxygens (including phenoxy) is 1. The van der Waals surface area contributed by atoms with Crippen molar-refractivity contribution < 1.29 is 14.3 Å². The van der Waals surface area contributed by atoms with Gasteiger partial charge in [-0.1, -0.05) is 103 Å². The fourth-order valence-electron chi connectivity index (χ4n) is 3.33. The molecule has 0 aliphatic rings. The van der Waals surface area contributed by atoms with Crippen molar-refractivity contribution in [3.8, 4) is 0 Å². The van der Waals surface area contributed by atoms with Gasteiger partial charge in [-0.3, -0.25) is 9.59 Å². The molecule has 1 N–H and O–H groups in total. The van der Waals surface area contributed by atoms with Crippen LogP contribution in [0.5, 0.6) is 0 Å². The van der Waals surface area contributed by atoms with E-state index in [4.69, 9.17) is 4.74 Å². The summed E-state index contributed by atoms with van der Waals surface area (Å²) in [6, 6.07) is 0. The Morgan fingerprint density at radius 3 is 1.44 bits per heavy atom. The first-order valence-electron chi connectivity index (χ1n) is 11.5. The third-order valence-corrected chi connectivity index (χ3v) is 5.04. The van der Waals surface area contributed by atoms with Gasteiger partial charge in [0.1, 0.15) is 0 Å². The molecule has 0 aromatic carbocycles. The van der Waals surface area contributed by atoms with Crippen LogP contribution in [-0.4, -0.2) is 24.5 Å². The van der Waals surface area contributed by atoms with Gasteiger partial charge in [0.15, 0.2) is 6.10 Å². The Morgan fingerprint density at radius 1 is 0.704 bits per heavy atom. The summed E-state index contributed by atoms with van der Waals surface area (Å²) in [6.07, 6.45) is 20.8. The highest BCUT2D eigenvalue weighted by Crippen LogP contribution is 2.13. The molecule has 0 aromatic rings. The summed E-state index contributed by atoms with van der Waals surface area (Å²) in [7, 11) is 0. The molecule has 0 aromatic heterocycles. The molecule has 0 saturated heterocycles. The van der Waals surface area contributed by atoms with Crippen LogP contribution >= 0.6 is 0 Å². The Bertz CT molecular complexity index is 358. The van der Waals surface area contributed by atoms with E-state index in [-0.39, 0.29) is 5.91 Å². The van der Waals surface area contributed by atoms with Crippen molar-refractivity contribution in [2.24, 2.45) is 0 Å². The van der Waals surface area contributed by atoms with Gasteiger partial charge in [0.2, 0.25) is 0 Å². The number of unbranched alkanes of at least 4 members (excludes halogenated alkanes) is 15. The second-order valence-corrected chi connectivity index (χ2v) is 7.85. The van der Waals surface area contributed by atoms with Crippen LogP contribution in [0.25, 0.3) is 0 Å². The first-order valence-corrected chi connectivity index (χ1v) is 11.5. The average molecular weight is 384 g/mol. The van der Waals surface area contributed by atoms with Crippen molar-refractivity contribution >= 4 is 11.9 Å². The van der Waals surface area contributed by atoms with Crippen molar-refractivity contribution in [1.29, 1.82) is 0 Å². The molecule has 1 atom stereocenters. The monoisotopic (exact) mass is 383 g/mol. The molecule has 4 heteroatoms. The molecule has 0 unspecified atom stereocenters. The lowest BCUT2D eigenvalue weighted by atomic mass is 10.0. The van der Waals surface area contributed by atoms with Gasteiger partial charge in [0.25, 0.3) is 5.91 Å². The van der Waals surface area contributed by atoms with Crippen LogP contribution in [0, 0.1) is 0 Å². The van der Waals surface area contributed by atoms with Crippen LogP contribution in [0.2, 0.25) is 0 Å². The van der Waals surface area contributed by atoms with Crippen molar-refractivity contribution in [3.63, 3.8) is 0 Å². The van der Waals surface area contributed by atoms with Crippen LogP contribution in [0.4, 0.5) is 0 Å². The molecule has 4 nitrogen and oxygen atoms in total. The fraction of sp³-hybridized carbons (Fsp3) is 0.913. The highest BCUT2D eigenvalue weighted by molar-refractivity contribution is 5.82. The third-order valence-electron chi connectivity index (χ3n) is 5.04. The minimum absolute atomic E-state index is 0.203. The second-order valence-electron chi connectivity index (χ2n) is 7.85. The first kappa shape index (κ1) is 25.9. The number of hydrogen-bond acceptors (Lipinski definition) is 3. The summed E-state index contributed by atoms with van der Waals surface area (Å²) < 4.78 is 4.84. The maximum Gasteiger partial charge on any atom is 0.303 e. The number of hydrogen-bond donors (Lipinski definition) is 1. The molecule has 0 heterocycles. The van der Waals surface area contributed by atoms with E-state index >= 15 is 0 Å². The fourth-order valence-corrected chi connectivity index (χ4v) is 3.33. The van der Waals surface area contributed by atoms with Gasteiger partial charge in [-0.15, -0.1) is 0 Å². The molecule has 0 radical (unpaired) electrons. The molecule has 0 fully saturated rings. The van der Waals surface area contributed by atoms with Crippen molar-refractivity contribution in [2.75, 3.05) is 6.54 Å². The summed E-state index contributed by atoms with van der Waals surface area (Å²) >= 11 is 0. The molecule has 1 amide bonds. The summed E-state index contributed by atoms with van der Waals surface area (Å²) in [5, 5.41) is 2.82. The lowest BCUT2D eigenvalue weighted by Gasteiger charge is -2.11.